The van der Waals surface area contributed by atoms with Crippen LogP contribution in [-0.4, -0.2) is 29.4 Å². The number of carbonyl (C=O) groups excluding carboxylic acids is 1. The molecule has 0 saturated carbocycles. The molecule has 3 heterocycles. The predicted molar refractivity (Wildman–Crippen MR) is 77.4 cm³/mol. The van der Waals surface area contributed by atoms with E-state index in [1.165, 1.54) is 5.06 Å². The van der Waals surface area contributed by atoms with Gasteiger partial charge in [0.05, 0.1) is 5.57 Å². The van der Waals surface area contributed by atoms with Crippen LogP contribution in [-0.2, 0) is 9.63 Å². The van der Waals surface area contributed by atoms with E-state index in [1.807, 2.05) is 0 Å². The Morgan fingerprint density at radius 3 is 3.00 bits per heavy atom. The lowest BCUT2D eigenvalue weighted by Crippen LogP contribution is -2.38. The van der Waals surface area contributed by atoms with Gasteiger partial charge in [0.15, 0.2) is 23.2 Å². The fraction of sp³-hybridized carbons (Fsp3) is 0.133. The SMILES string of the molecule is CC1=CC2=NC(=O)C(=Cc3ccc4c(c3)OCO4)C(=N)N2O1. The highest BCUT2D eigenvalue weighted by molar-refractivity contribution is 6.32. The molecular weight excluding hydrogens is 286 g/mol. The Morgan fingerprint density at radius 1 is 1.32 bits per heavy atom. The monoisotopic (exact) mass is 297 g/mol. The van der Waals surface area contributed by atoms with E-state index in [2.05, 4.69) is 4.99 Å². The summed E-state index contributed by atoms with van der Waals surface area (Å²) in [5.41, 5.74) is 0.880. The number of benzene rings is 1. The van der Waals surface area contributed by atoms with Gasteiger partial charge in [0, 0.05) is 6.08 Å². The number of allylic oxidation sites excluding steroid dienone is 1. The van der Waals surface area contributed by atoms with Crippen molar-refractivity contribution < 1.29 is 19.1 Å². The van der Waals surface area contributed by atoms with E-state index in [4.69, 9.17) is 19.7 Å². The van der Waals surface area contributed by atoms with Crippen LogP contribution in [0.5, 0.6) is 11.5 Å². The highest BCUT2D eigenvalue weighted by Gasteiger charge is 2.34. The van der Waals surface area contributed by atoms with Gasteiger partial charge >= 0.3 is 0 Å². The van der Waals surface area contributed by atoms with Crippen LogP contribution in [0.4, 0.5) is 0 Å². The number of amides is 1. The molecule has 0 aliphatic carbocycles. The number of aliphatic imine (C=N–C) groups is 1. The molecule has 3 aliphatic heterocycles. The predicted octanol–water partition coefficient (Wildman–Crippen LogP) is 1.87. The van der Waals surface area contributed by atoms with Gasteiger partial charge in [0.25, 0.3) is 5.91 Å². The van der Waals surface area contributed by atoms with E-state index in [0.717, 1.165) is 5.56 Å². The second-order valence-corrected chi connectivity index (χ2v) is 4.94. The van der Waals surface area contributed by atoms with Crippen LogP contribution in [0.1, 0.15) is 12.5 Å². The third kappa shape index (κ3) is 1.86. The first-order valence-corrected chi connectivity index (χ1v) is 6.61. The maximum absolute atomic E-state index is 12.1. The number of nitrogens with zero attached hydrogens (tertiary/aromatic N) is 2. The van der Waals surface area contributed by atoms with Crippen molar-refractivity contribution in [3.8, 4) is 11.5 Å². The molecule has 4 rings (SSSR count). The largest absolute Gasteiger partial charge is 0.454 e. The lowest BCUT2D eigenvalue weighted by Gasteiger charge is -2.22. The van der Waals surface area contributed by atoms with Gasteiger partial charge in [0.2, 0.25) is 6.79 Å². The summed E-state index contributed by atoms with van der Waals surface area (Å²) in [4.78, 5) is 21.4. The smallest absolute Gasteiger partial charge is 0.282 e. The van der Waals surface area contributed by atoms with Crippen molar-refractivity contribution in [2.75, 3.05) is 6.79 Å². The zero-order valence-corrected chi connectivity index (χ0v) is 11.6. The third-order valence-electron chi connectivity index (χ3n) is 3.39. The van der Waals surface area contributed by atoms with E-state index in [9.17, 15) is 4.79 Å². The Labute approximate surface area is 125 Å². The molecule has 22 heavy (non-hydrogen) atoms. The summed E-state index contributed by atoms with van der Waals surface area (Å²) in [6, 6.07) is 5.30. The summed E-state index contributed by atoms with van der Waals surface area (Å²) in [7, 11) is 0. The number of hydrogen-bond acceptors (Lipinski definition) is 5. The van der Waals surface area contributed by atoms with Crippen molar-refractivity contribution in [3.05, 3.63) is 41.2 Å². The maximum atomic E-state index is 12.1. The second-order valence-electron chi connectivity index (χ2n) is 4.94. The molecule has 7 nitrogen and oxygen atoms in total. The van der Waals surface area contributed by atoms with Gasteiger partial charge in [-0.1, -0.05) is 6.07 Å². The molecular formula is C15H11N3O4. The Hall–Kier alpha value is -3.09. The minimum Gasteiger partial charge on any atom is -0.454 e. The van der Waals surface area contributed by atoms with Crippen LogP contribution in [0.2, 0.25) is 0 Å². The Kier molecular flexibility index (Phi) is 2.56. The number of amidine groups is 2. The van der Waals surface area contributed by atoms with Crippen LogP contribution >= 0.6 is 0 Å². The lowest BCUT2D eigenvalue weighted by atomic mass is 10.1. The summed E-state index contributed by atoms with van der Waals surface area (Å²) in [6.07, 6.45) is 3.20. The van der Waals surface area contributed by atoms with Gasteiger partial charge in [-0.15, -0.1) is 5.06 Å². The molecule has 0 unspecified atom stereocenters. The van der Waals surface area contributed by atoms with Gasteiger partial charge in [-0.2, -0.15) is 4.99 Å². The molecule has 0 atom stereocenters. The molecule has 3 aliphatic rings. The normalized spacial score (nSPS) is 20.8. The molecule has 0 spiro atoms. The number of hydrogen-bond donors (Lipinski definition) is 1. The zero-order valence-electron chi connectivity index (χ0n) is 11.6. The minimum atomic E-state index is -0.469. The van der Waals surface area contributed by atoms with Gasteiger partial charge in [-0.25, -0.2) is 0 Å². The van der Waals surface area contributed by atoms with Crippen molar-refractivity contribution in [2.24, 2.45) is 4.99 Å². The van der Waals surface area contributed by atoms with E-state index in [-0.39, 0.29) is 18.2 Å². The van der Waals surface area contributed by atoms with Crippen LogP contribution < -0.4 is 9.47 Å². The molecule has 1 aromatic carbocycles. The van der Waals surface area contributed by atoms with Crippen molar-refractivity contribution in [1.82, 2.24) is 5.06 Å². The van der Waals surface area contributed by atoms with Crippen LogP contribution in [0.15, 0.2) is 40.6 Å². The first-order valence-electron chi connectivity index (χ1n) is 6.61. The van der Waals surface area contributed by atoms with E-state index >= 15 is 0 Å². The second kappa shape index (κ2) is 4.45. The van der Waals surface area contributed by atoms with E-state index in [1.54, 1.807) is 37.3 Å². The van der Waals surface area contributed by atoms with Crippen molar-refractivity contribution in [2.45, 2.75) is 6.92 Å². The number of hydroxylamine groups is 2. The summed E-state index contributed by atoms with van der Waals surface area (Å²) >= 11 is 0. The fourth-order valence-corrected chi connectivity index (χ4v) is 2.37. The summed E-state index contributed by atoms with van der Waals surface area (Å²) in [6.45, 7) is 1.92. The number of rotatable bonds is 1. The molecule has 0 saturated heterocycles. The van der Waals surface area contributed by atoms with Gasteiger partial charge in [0.1, 0.15) is 5.76 Å². The van der Waals surface area contributed by atoms with Crippen molar-refractivity contribution >= 4 is 23.7 Å². The average Bonchev–Trinajstić information content (AvgIpc) is 3.08. The first-order chi connectivity index (χ1) is 10.6. The van der Waals surface area contributed by atoms with E-state index < -0.39 is 5.91 Å². The third-order valence-corrected chi connectivity index (χ3v) is 3.39. The van der Waals surface area contributed by atoms with Gasteiger partial charge in [-0.3, -0.25) is 10.2 Å². The summed E-state index contributed by atoms with van der Waals surface area (Å²) < 4.78 is 10.5. The molecule has 1 N–H and O–H groups in total. The Bertz CT molecular complexity index is 807. The highest BCUT2D eigenvalue weighted by Crippen LogP contribution is 2.33. The first kappa shape index (κ1) is 12.6. The lowest BCUT2D eigenvalue weighted by molar-refractivity contribution is -0.114. The molecule has 1 amide bonds. The van der Waals surface area contributed by atoms with Crippen LogP contribution in [0, 0.1) is 5.41 Å². The molecule has 110 valence electrons. The van der Waals surface area contributed by atoms with Crippen molar-refractivity contribution in [3.63, 3.8) is 0 Å². The maximum Gasteiger partial charge on any atom is 0.282 e. The van der Waals surface area contributed by atoms with Crippen LogP contribution in [0.3, 0.4) is 0 Å². The average molecular weight is 297 g/mol. The van der Waals surface area contributed by atoms with Gasteiger partial charge in [-0.05, 0) is 30.7 Å². The van der Waals surface area contributed by atoms with Crippen LogP contribution in [0.25, 0.3) is 6.08 Å². The fourth-order valence-electron chi connectivity index (χ4n) is 2.37. The molecule has 0 aromatic heterocycles. The molecule has 1 aromatic rings. The highest BCUT2D eigenvalue weighted by atomic mass is 16.7. The Balaban J connectivity index is 1.71. The van der Waals surface area contributed by atoms with E-state index in [0.29, 0.717) is 23.1 Å². The molecule has 0 fully saturated rings. The quantitative estimate of drug-likeness (QED) is 0.800. The number of ether oxygens (including phenoxy) is 2. The summed E-state index contributed by atoms with van der Waals surface area (Å²) in [5, 5.41) is 9.37. The van der Waals surface area contributed by atoms with Crippen molar-refractivity contribution in [1.29, 1.82) is 5.41 Å². The topological polar surface area (TPSA) is 84.2 Å². The van der Waals surface area contributed by atoms with Gasteiger partial charge < -0.3 is 14.3 Å². The number of fused-ring (bicyclic) bond motifs is 2. The summed E-state index contributed by atoms with van der Waals surface area (Å²) in [5.74, 6) is 1.68. The minimum absolute atomic E-state index is 0.0410. The molecule has 0 bridgehead atoms. The molecule has 0 radical (unpaired) electrons. The standard InChI is InChI=1S/C15H11N3O4/c1-8-4-13-17-15(19)10(14(16)18(13)22-8)5-9-2-3-11-12(6-9)21-7-20-11/h2-6,16H,7H2,1H3. The molecule has 7 heteroatoms. The zero-order chi connectivity index (χ0) is 15.3. The Morgan fingerprint density at radius 2 is 2.14 bits per heavy atom. The number of carbonyl (C=O) groups is 1. The number of nitrogens with one attached hydrogen (secondary N) is 1.